The molecule has 0 saturated carbocycles. The highest BCUT2D eigenvalue weighted by atomic mass is 16.1. The average Bonchev–Trinajstić information content (AvgIpc) is 2.65. The molecule has 3 rings (SSSR count). The van der Waals surface area contributed by atoms with Crippen LogP contribution >= 0.6 is 0 Å². The van der Waals surface area contributed by atoms with Gasteiger partial charge in [0, 0.05) is 11.5 Å². The van der Waals surface area contributed by atoms with E-state index >= 15 is 0 Å². The van der Waals surface area contributed by atoms with Gasteiger partial charge in [0.05, 0.1) is 10.9 Å². The molecule has 4 heteroatoms. The fourth-order valence-electron chi connectivity index (χ4n) is 3.42. The predicted molar refractivity (Wildman–Crippen MR) is 106 cm³/mol. The van der Waals surface area contributed by atoms with E-state index in [9.17, 15) is 4.79 Å². The molecule has 0 radical (unpaired) electrons. The van der Waals surface area contributed by atoms with Crippen LogP contribution in [0.4, 0.5) is 0 Å². The first-order valence-corrected chi connectivity index (χ1v) is 9.42. The van der Waals surface area contributed by atoms with Gasteiger partial charge in [0.15, 0.2) is 5.82 Å². The molecular weight excluding hydrogens is 322 g/mol. The number of aromatic nitrogens is 2. The average molecular weight is 350 g/mol. The SMILES string of the molecule is CCc1ccc([C@@H]([NH2+][C@H](C)c2nc3ccccc3c(=O)[nH]2)C(C)C)cc1. The van der Waals surface area contributed by atoms with Crippen molar-refractivity contribution < 1.29 is 5.32 Å². The van der Waals surface area contributed by atoms with Crippen molar-refractivity contribution in [1.82, 2.24) is 9.97 Å². The van der Waals surface area contributed by atoms with Crippen molar-refractivity contribution in [2.24, 2.45) is 5.92 Å². The third kappa shape index (κ3) is 3.86. The minimum Gasteiger partial charge on any atom is -0.331 e. The summed E-state index contributed by atoms with van der Waals surface area (Å²) in [5.41, 5.74) is 3.34. The standard InChI is InChI=1S/C22H27N3O/c1-5-16-10-12-17(13-11-16)20(14(2)3)23-15(4)21-24-19-9-7-6-8-18(19)22(26)25-21/h6-15,20,23H,5H2,1-4H3,(H,24,25,26)/p+1/t15-,20+/m1/s1. The zero-order valence-corrected chi connectivity index (χ0v) is 16.0. The molecule has 0 aliphatic heterocycles. The lowest BCUT2D eigenvalue weighted by molar-refractivity contribution is -0.738. The molecule has 0 aliphatic carbocycles. The molecule has 1 heterocycles. The van der Waals surface area contributed by atoms with Gasteiger partial charge in [-0.3, -0.25) is 4.79 Å². The Morgan fingerprint density at radius 3 is 2.38 bits per heavy atom. The lowest BCUT2D eigenvalue weighted by Gasteiger charge is -2.23. The summed E-state index contributed by atoms with van der Waals surface area (Å²) < 4.78 is 0. The first kappa shape index (κ1) is 18.3. The summed E-state index contributed by atoms with van der Waals surface area (Å²) in [7, 11) is 0. The highest BCUT2D eigenvalue weighted by molar-refractivity contribution is 5.77. The van der Waals surface area contributed by atoms with E-state index in [2.05, 4.69) is 67.2 Å². The number of quaternary nitrogens is 1. The Bertz CT molecular complexity index is 928. The highest BCUT2D eigenvalue weighted by Crippen LogP contribution is 2.20. The summed E-state index contributed by atoms with van der Waals surface area (Å²) in [4.78, 5) is 20.0. The van der Waals surface area contributed by atoms with Crippen molar-refractivity contribution in [2.75, 3.05) is 0 Å². The van der Waals surface area contributed by atoms with Crippen LogP contribution in [0, 0.1) is 5.92 Å². The van der Waals surface area contributed by atoms with Gasteiger partial charge in [0.1, 0.15) is 12.1 Å². The largest absolute Gasteiger partial charge is 0.331 e. The van der Waals surface area contributed by atoms with Gasteiger partial charge < -0.3 is 10.3 Å². The van der Waals surface area contributed by atoms with Crippen LogP contribution in [0.2, 0.25) is 0 Å². The Balaban J connectivity index is 1.88. The number of hydrogen-bond acceptors (Lipinski definition) is 2. The number of rotatable bonds is 6. The molecule has 2 atom stereocenters. The molecule has 0 unspecified atom stereocenters. The Morgan fingerprint density at radius 2 is 1.73 bits per heavy atom. The number of aryl methyl sites for hydroxylation is 1. The minimum absolute atomic E-state index is 0.0607. The van der Waals surface area contributed by atoms with Gasteiger partial charge in [0.2, 0.25) is 0 Å². The normalized spacial score (nSPS) is 13.9. The maximum absolute atomic E-state index is 12.4. The Labute approximate surface area is 154 Å². The summed E-state index contributed by atoms with van der Waals surface area (Å²) in [6.07, 6.45) is 1.05. The van der Waals surface area contributed by atoms with Crippen LogP contribution in [-0.4, -0.2) is 9.97 Å². The molecule has 3 N–H and O–H groups in total. The Morgan fingerprint density at radius 1 is 1.04 bits per heavy atom. The van der Waals surface area contributed by atoms with Gasteiger partial charge in [0.25, 0.3) is 5.56 Å². The summed E-state index contributed by atoms with van der Waals surface area (Å²) in [6.45, 7) is 8.74. The van der Waals surface area contributed by atoms with Gasteiger partial charge in [-0.05, 0) is 31.0 Å². The fraction of sp³-hybridized carbons (Fsp3) is 0.364. The molecule has 3 aromatic rings. The number of nitrogens with zero attached hydrogens (tertiary/aromatic N) is 1. The first-order valence-electron chi connectivity index (χ1n) is 9.42. The van der Waals surface area contributed by atoms with E-state index in [1.165, 1.54) is 11.1 Å². The van der Waals surface area contributed by atoms with E-state index in [4.69, 9.17) is 0 Å². The van der Waals surface area contributed by atoms with Crippen molar-refractivity contribution in [3.63, 3.8) is 0 Å². The summed E-state index contributed by atoms with van der Waals surface area (Å²) >= 11 is 0. The zero-order valence-electron chi connectivity index (χ0n) is 16.0. The number of benzene rings is 2. The van der Waals surface area contributed by atoms with E-state index in [1.54, 1.807) is 0 Å². The number of para-hydroxylation sites is 1. The topological polar surface area (TPSA) is 62.4 Å². The molecule has 0 fully saturated rings. The fourth-order valence-corrected chi connectivity index (χ4v) is 3.42. The second-order valence-electron chi connectivity index (χ2n) is 7.31. The quantitative estimate of drug-likeness (QED) is 0.715. The summed E-state index contributed by atoms with van der Waals surface area (Å²) in [5, 5.41) is 2.94. The zero-order chi connectivity index (χ0) is 18.7. The van der Waals surface area contributed by atoms with Crippen LogP contribution in [0.3, 0.4) is 0 Å². The Kier molecular flexibility index (Phi) is 5.52. The second-order valence-corrected chi connectivity index (χ2v) is 7.31. The molecule has 0 saturated heterocycles. The number of hydrogen-bond donors (Lipinski definition) is 2. The third-order valence-corrected chi connectivity index (χ3v) is 5.05. The van der Waals surface area contributed by atoms with Gasteiger partial charge in [-0.2, -0.15) is 0 Å². The van der Waals surface area contributed by atoms with Crippen LogP contribution in [0.25, 0.3) is 10.9 Å². The van der Waals surface area contributed by atoms with E-state index in [0.29, 0.717) is 17.3 Å². The van der Waals surface area contributed by atoms with Gasteiger partial charge >= 0.3 is 0 Å². The van der Waals surface area contributed by atoms with Crippen molar-refractivity contribution in [3.8, 4) is 0 Å². The van der Waals surface area contributed by atoms with E-state index in [1.807, 2.05) is 24.3 Å². The minimum atomic E-state index is -0.0701. The summed E-state index contributed by atoms with van der Waals surface area (Å²) in [6, 6.07) is 16.7. The Hall–Kier alpha value is -2.46. The highest BCUT2D eigenvalue weighted by Gasteiger charge is 2.24. The second kappa shape index (κ2) is 7.83. The molecule has 4 nitrogen and oxygen atoms in total. The number of H-pyrrole nitrogens is 1. The van der Waals surface area contributed by atoms with Crippen molar-refractivity contribution in [2.45, 2.75) is 46.2 Å². The van der Waals surface area contributed by atoms with Crippen LogP contribution in [0.1, 0.15) is 56.7 Å². The van der Waals surface area contributed by atoms with E-state index < -0.39 is 0 Å². The third-order valence-electron chi connectivity index (χ3n) is 5.05. The van der Waals surface area contributed by atoms with Crippen LogP contribution in [0.15, 0.2) is 53.3 Å². The molecule has 0 bridgehead atoms. The van der Waals surface area contributed by atoms with E-state index in [0.717, 1.165) is 17.8 Å². The summed E-state index contributed by atoms with van der Waals surface area (Å²) in [5.74, 6) is 1.20. The smallest absolute Gasteiger partial charge is 0.258 e. The molecule has 26 heavy (non-hydrogen) atoms. The van der Waals surface area contributed by atoms with Gasteiger partial charge in [-0.15, -0.1) is 0 Å². The number of fused-ring (bicyclic) bond motifs is 1. The first-order chi connectivity index (χ1) is 12.5. The van der Waals surface area contributed by atoms with Gasteiger partial charge in [-0.1, -0.05) is 57.2 Å². The lowest BCUT2D eigenvalue weighted by atomic mass is 9.94. The molecule has 0 aliphatic rings. The molecule has 2 aromatic carbocycles. The van der Waals surface area contributed by atoms with Crippen molar-refractivity contribution in [1.29, 1.82) is 0 Å². The molecule has 1 aromatic heterocycles. The van der Waals surface area contributed by atoms with Crippen LogP contribution in [0.5, 0.6) is 0 Å². The number of nitrogens with two attached hydrogens (primary N) is 1. The number of nitrogens with one attached hydrogen (secondary N) is 1. The monoisotopic (exact) mass is 350 g/mol. The predicted octanol–water partition coefficient (Wildman–Crippen LogP) is 3.51. The maximum Gasteiger partial charge on any atom is 0.258 e. The van der Waals surface area contributed by atoms with Crippen LogP contribution < -0.4 is 10.9 Å². The molecule has 0 amide bonds. The van der Waals surface area contributed by atoms with Gasteiger partial charge in [-0.25, -0.2) is 4.98 Å². The van der Waals surface area contributed by atoms with Crippen molar-refractivity contribution in [3.05, 3.63) is 75.8 Å². The molecule has 136 valence electrons. The van der Waals surface area contributed by atoms with E-state index in [-0.39, 0.29) is 11.6 Å². The lowest BCUT2D eigenvalue weighted by Crippen LogP contribution is -2.87. The molecule has 0 spiro atoms. The number of aromatic amines is 1. The van der Waals surface area contributed by atoms with Crippen LogP contribution in [-0.2, 0) is 6.42 Å². The van der Waals surface area contributed by atoms with Crippen molar-refractivity contribution >= 4 is 10.9 Å². The molecular formula is C22H28N3O+. The maximum atomic E-state index is 12.4.